The van der Waals surface area contributed by atoms with Crippen molar-refractivity contribution in [2.75, 3.05) is 6.26 Å². The van der Waals surface area contributed by atoms with Gasteiger partial charge in [0.1, 0.15) is 0 Å². The summed E-state index contributed by atoms with van der Waals surface area (Å²) < 4.78 is 25.2. The van der Waals surface area contributed by atoms with Crippen molar-refractivity contribution in [3.8, 4) is 11.3 Å². The molecule has 0 saturated carbocycles. The molecule has 1 amide bonds. The first-order chi connectivity index (χ1) is 14.7. The second kappa shape index (κ2) is 7.12. The molecule has 156 valence electrons. The predicted octanol–water partition coefficient (Wildman–Crippen LogP) is 3.34. The SMILES string of the molecule is CS(=O)(=O)C1=NN2C(=N)/C(=C\c3c(-c4ccc(Cl)cc4)nc4sccn34)C(=O)N=C2S1. The van der Waals surface area contributed by atoms with Gasteiger partial charge in [-0.3, -0.25) is 14.6 Å². The summed E-state index contributed by atoms with van der Waals surface area (Å²) in [4.78, 5) is 22.0. The van der Waals surface area contributed by atoms with E-state index in [1.165, 1.54) is 17.4 Å². The maximum absolute atomic E-state index is 12.7. The average Bonchev–Trinajstić information content (AvgIpc) is 3.40. The lowest BCUT2D eigenvalue weighted by Crippen LogP contribution is -2.35. The number of rotatable bonds is 2. The molecule has 1 N–H and O–H groups in total. The van der Waals surface area contributed by atoms with Gasteiger partial charge in [-0.05, 0) is 30.0 Å². The van der Waals surface area contributed by atoms with Crippen molar-refractivity contribution in [3.05, 3.63) is 52.1 Å². The van der Waals surface area contributed by atoms with Gasteiger partial charge >= 0.3 is 0 Å². The minimum atomic E-state index is -3.60. The van der Waals surface area contributed by atoms with Crippen molar-refractivity contribution in [1.29, 1.82) is 5.41 Å². The summed E-state index contributed by atoms with van der Waals surface area (Å²) in [6.07, 6.45) is 4.36. The molecule has 0 spiro atoms. The summed E-state index contributed by atoms with van der Waals surface area (Å²) >= 11 is 8.18. The Morgan fingerprint density at radius 2 is 1.97 bits per heavy atom. The van der Waals surface area contributed by atoms with Gasteiger partial charge in [-0.1, -0.05) is 23.7 Å². The van der Waals surface area contributed by atoms with E-state index < -0.39 is 15.7 Å². The van der Waals surface area contributed by atoms with Crippen LogP contribution in [0.15, 0.2) is 51.5 Å². The van der Waals surface area contributed by atoms with Crippen molar-refractivity contribution in [3.63, 3.8) is 0 Å². The monoisotopic (exact) mass is 490 g/mol. The van der Waals surface area contributed by atoms with Gasteiger partial charge in [0.2, 0.25) is 19.4 Å². The number of hydrogen-bond donors (Lipinski definition) is 1. The van der Waals surface area contributed by atoms with Crippen LogP contribution in [-0.4, -0.2) is 50.4 Å². The standard InChI is InChI=1S/C18H11ClN6O3S3/c1-31(27,28)18-23-25-14(20)11(15(26)22-17(25)30-18)8-12-13(9-2-4-10(19)5-3-9)21-16-24(12)6-7-29-16/h2-8,20H,1H3/b11-8+,20-14?. The van der Waals surface area contributed by atoms with Crippen molar-refractivity contribution in [2.45, 2.75) is 0 Å². The molecule has 3 aromatic rings. The molecule has 31 heavy (non-hydrogen) atoms. The van der Waals surface area contributed by atoms with Gasteiger partial charge in [0, 0.05) is 28.4 Å². The van der Waals surface area contributed by atoms with E-state index in [-0.39, 0.29) is 21.0 Å². The number of aliphatic imine (C=N–C) groups is 1. The molecule has 2 aromatic heterocycles. The first kappa shape index (κ1) is 20.1. The van der Waals surface area contributed by atoms with Gasteiger partial charge in [0.15, 0.2) is 10.8 Å². The zero-order valence-electron chi connectivity index (χ0n) is 15.6. The maximum Gasteiger partial charge on any atom is 0.283 e. The van der Waals surface area contributed by atoms with E-state index in [1.54, 1.807) is 12.1 Å². The number of aromatic nitrogens is 2. The molecule has 1 aromatic carbocycles. The highest BCUT2D eigenvalue weighted by molar-refractivity contribution is 8.42. The zero-order chi connectivity index (χ0) is 21.9. The number of benzene rings is 1. The highest BCUT2D eigenvalue weighted by atomic mass is 35.5. The zero-order valence-corrected chi connectivity index (χ0v) is 18.8. The summed E-state index contributed by atoms with van der Waals surface area (Å²) in [5.41, 5.74) is 1.97. The van der Waals surface area contributed by atoms with Crippen LogP contribution in [0.2, 0.25) is 5.02 Å². The number of amides is 1. The van der Waals surface area contributed by atoms with Crippen LogP contribution in [0, 0.1) is 5.41 Å². The number of halogens is 1. The van der Waals surface area contributed by atoms with Crippen LogP contribution in [-0.2, 0) is 14.6 Å². The lowest BCUT2D eigenvalue weighted by atomic mass is 10.1. The fraction of sp³-hybridized carbons (Fsp3) is 0.0556. The molecule has 2 aliphatic rings. The molecule has 0 saturated heterocycles. The minimum Gasteiger partial charge on any atom is -0.290 e. The smallest absolute Gasteiger partial charge is 0.283 e. The Labute approximate surface area is 189 Å². The third-order valence-electron chi connectivity index (χ3n) is 4.45. The number of carbonyl (C=O) groups is 1. The number of hydrogen-bond acceptors (Lipinski definition) is 8. The highest BCUT2D eigenvalue weighted by Crippen LogP contribution is 2.33. The Hall–Kier alpha value is -2.80. The Morgan fingerprint density at radius 3 is 2.68 bits per heavy atom. The average molecular weight is 491 g/mol. The molecule has 0 aliphatic carbocycles. The topological polar surface area (TPSA) is 120 Å². The van der Waals surface area contributed by atoms with E-state index >= 15 is 0 Å². The van der Waals surface area contributed by atoms with Gasteiger partial charge in [0.05, 0.1) is 17.0 Å². The summed E-state index contributed by atoms with van der Waals surface area (Å²) in [7, 11) is -3.60. The summed E-state index contributed by atoms with van der Waals surface area (Å²) in [6, 6.07) is 7.13. The predicted molar refractivity (Wildman–Crippen MR) is 123 cm³/mol. The number of thiazole rings is 1. The number of sulfone groups is 1. The molecule has 0 unspecified atom stereocenters. The van der Waals surface area contributed by atoms with E-state index in [9.17, 15) is 13.2 Å². The van der Waals surface area contributed by atoms with Crippen LogP contribution < -0.4 is 0 Å². The molecule has 0 fully saturated rings. The molecular weight excluding hydrogens is 480 g/mol. The first-order valence-electron chi connectivity index (χ1n) is 8.64. The van der Waals surface area contributed by atoms with Gasteiger partial charge in [-0.25, -0.2) is 13.4 Å². The van der Waals surface area contributed by atoms with E-state index in [1.807, 2.05) is 28.1 Å². The fourth-order valence-corrected chi connectivity index (χ4v) is 5.55. The Morgan fingerprint density at radius 1 is 1.23 bits per heavy atom. The quantitative estimate of drug-likeness (QED) is 0.550. The Kier molecular flexibility index (Phi) is 4.62. The summed E-state index contributed by atoms with van der Waals surface area (Å²) in [5, 5.41) is 16.0. The molecule has 5 rings (SSSR count). The number of thioether (sulfide) groups is 1. The molecule has 13 heteroatoms. The second-order valence-electron chi connectivity index (χ2n) is 6.57. The van der Waals surface area contributed by atoms with Crippen LogP contribution in [0.5, 0.6) is 0 Å². The van der Waals surface area contributed by atoms with Gasteiger partial charge in [0.25, 0.3) is 5.91 Å². The van der Waals surface area contributed by atoms with Crippen LogP contribution in [0.3, 0.4) is 0 Å². The third kappa shape index (κ3) is 3.41. The molecule has 0 bridgehead atoms. The Bertz CT molecular complexity index is 1480. The molecule has 0 atom stereocenters. The number of carbonyl (C=O) groups excluding carboxylic acids is 1. The van der Waals surface area contributed by atoms with Gasteiger partial charge in [-0.15, -0.1) is 16.4 Å². The maximum atomic E-state index is 12.7. The van der Waals surface area contributed by atoms with Crippen molar-refractivity contribution in [1.82, 2.24) is 14.4 Å². The van der Waals surface area contributed by atoms with Crippen LogP contribution >= 0.6 is 34.7 Å². The van der Waals surface area contributed by atoms with Gasteiger partial charge in [-0.2, -0.15) is 10.0 Å². The number of amidine groups is 2. The van der Waals surface area contributed by atoms with Crippen LogP contribution in [0.25, 0.3) is 22.3 Å². The van der Waals surface area contributed by atoms with E-state index in [0.29, 0.717) is 21.4 Å². The minimum absolute atomic E-state index is 0.0222. The number of hydrazone groups is 1. The second-order valence-corrected chi connectivity index (χ2v) is 11.0. The molecule has 0 radical (unpaired) electrons. The lowest BCUT2D eigenvalue weighted by molar-refractivity contribution is -0.114. The largest absolute Gasteiger partial charge is 0.290 e. The third-order valence-corrected chi connectivity index (χ3v) is 8.04. The number of nitrogens with one attached hydrogen (secondary N) is 1. The first-order valence-corrected chi connectivity index (χ1v) is 12.6. The molecule has 9 nitrogen and oxygen atoms in total. The summed E-state index contributed by atoms with van der Waals surface area (Å²) in [5.74, 6) is -0.908. The van der Waals surface area contributed by atoms with Gasteiger partial charge < -0.3 is 0 Å². The Balaban J connectivity index is 1.65. The van der Waals surface area contributed by atoms with Crippen molar-refractivity contribution < 1.29 is 13.2 Å². The molecule has 2 aliphatic heterocycles. The van der Waals surface area contributed by atoms with E-state index in [4.69, 9.17) is 17.0 Å². The van der Waals surface area contributed by atoms with E-state index in [2.05, 4.69) is 15.1 Å². The normalized spacial score (nSPS) is 18.0. The molecular formula is C18H11ClN6O3S3. The molecule has 4 heterocycles. The number of imidazole rings is 1. The van der Waals surface area contributed by atoms with Crippen LogP contribution in [0.1, 0.15) is 5.69 Å². The highest BCUT2D eigenvalue weighted by Gasteiger charge is 2.38. The van der Waals surface area contributed by atoms with E-state index in [0.717, 1.165) is 28.6 Å². The van der Waals surface area contributed by atoms with Crippen LogP contribution in [0.4, 0.5) is 0 Å². The lowest BCUT2D eigenvalue weighted by Gasteiger charge is -2.20. The number of fused-ring (bicyclic) bond motifs is 2. The van der Waals surface area contributed by atoms with Crippen molar-refractivity contribution >= 4 is 76.9 Å². The fourth-order valence-electron chi connectivity index (χ4n) is 3.02. The number of nitrogens with zero attached hydrogens (tertiary/aromatic N) is 5. The van der Waals surface area contributed by atoms with Crippen molar-refractivity contribution in [2.24, 2.45) is 10.1 Å². The summed E-state index contributed by atoms with van der Waals surface area (Å²) in [6.45, 7) is 0.